The Labute approximate surface area is 160 Å². The Morgan fingerprint density at radius 1 is 1.04 bits per heavy atom. The first kappa shape index (κ1) is 23.5. The highest BCUT2D eigenvalue weighted by Crippen LogP contribution is 2.30. The van der Waals surface area contributed by atoms with Crippen LogP contribution in [0.4, 0.5) is 0 Å². The summed E-state index contributed by atoms with van der Waals surface area (Å²) in [6.07, 6.45) is 1.21. The minimum Gasteiger partial charge on any atom is -0.488 e. The largest absolute Gasteiger partial charge is 0.488 e. The van der Waals surface area contributed by atoms with E-state index in [0.29, 0.717) is 12.0 Å². The Morgan fingerprint density at radius 3 is 2.04 bits per heavy atom. The molecule has 1 saturated heterocycles. The van der Waals surface area contributed by atoms with Crippen molar-refractivity contribution in [2.45, 2.75) is 52.7 Å². The van der Waals surface area contributed by atoms with Gasteiger partial charge in [-0.15, -0.1) is 24.8 Å². The molecule has 140 valence electrons. The van der Waals surface area contributed by atoms with Gasteiger partial charge < -0.3 is 10.1 Å². The van der Waals surface area contributed by atoms with Gasteiger partial charge in [0.15, 0.2) is 0 Å². The molecule has 3 nitrogen and oxygen atoms in total. The number of ether oxygens (including phenoxy) is 1. The van der Waals surface area contributed by atoms with Crippen LogP contribution >= 0.6 is 24.8 Å². The molecule has 0 bridgehead atoms. The number of hydrogen-bond acceptors (Lipinski definition) is 3. The number of rotatable bonds is 5. The standard InChI is InChI=1S/C19H32N2O.2ClH/c1-15(2)14-18(21-12-10-20-11-13-21)16-6-8-17(9-7-16)22-19(3,4)5;;/h6-9,15,18,20H,10-14H2,1-5H3;2*1H/t18-;;/m1../s1. The Morgan fingerprint density at radius 2 is 1.58 bits per heavy atom. The molecule has 1 atom stereocenters. The van der Waals surface area contributed by atoms with E-state index >= 15 is 0 Å². The summed E-state index contributed by atoms with van der Waals surface area (Å²) in [6, 6.07) is 9.25. The van der Waals surface area contributed by atoms with Gasteiger partial charge >= 0.3 is 0 Å². The molecule has 1 aromatic rings. The third kappa shape index (κ3) is 7.60. The number of nitrogens with zero attached hydrogens (tertiary/aromatic N) is 1. The van der Waals surface area contributed by atoms with E-state index in [1.54, 1.807) is 0 Å². The molecule has 1 N–H and O–H groups in total. The van der Waals surface area contributed by atoms with Crippen LogP contribution in [0.2, 0.25) is 0 Å². The van der Waals surface area contributed by atoms with Gasteiger partial charge in [0.25, 0.3) is 0 Å². The lowest BCUT2D eigenvalue weighted by Gasteiger charge is -2.36. The molecule has 1 aliphatic rings. The SMILES string of the molecule is CC(C)C[C@H](c1ccc(OC(C)(C)C)cc1)N1CCNCC1.Cl.Cl. The smallest absolute Gasteiger partial charge is 0.120 e. The van der Waals surface area contributed by atoms with E-state index in [2.05, 4.69) is 69.1 Å². The maximum atomic E-state index is 5.94. The predicted octanol–water partition coefficient (Wildman–Crippen LogP) is 4.70. The van der Waals surface area contributed by atoms with Crippen LogP contribution in [0.25, 0.3) is 0 Å². The zero-order chi connectivity index (χ0) is 16.2. The number of halogens is 2. The van der Waals surface area contributed by atoms with Crippen molar-refractivity contribution in [1.82, 2.24) is 10.2 Å². The van der Waals surface area contributed by atoms with E-state index in [-0.39, 0.29) is 30.4 Å². The summed E-state index contributed by atoms with van der Waals surface area (Å²) in [5.74, 6) is 1.66. The number of piperazine rings is 1. The lowest BCUT2D eigenvalue weighted by molar-refractivity contribution is 0.130. The van der Waals surface area contributed by atoms with Crippen molar-refractivity contribution in [3.63, 3.8) is 0 Å². The van der Waals surface area contributed by atoms with E-state index in [0.717, 1.165) is 31.9 Å². The maximum absolute atomic E-state index is 5.94. The zero-order valence-electron chi connectivity index (χ0n) is 15.7. The fourth-order valence-corrected chi connectivity index (χ4v) is 3.05. The lowest BCUT2D eigenvalue weighted by Crippen LogP contribution is -2.45. The second kappa shape index (κ2) is 10.5. The van der Waals surface area contributed by atoms with E-state index in [4.69, 9.17) is 4.74 Å². The van der Waals surface area contributed by atoms with Crippen molar-refractivity contribution < 1.29 is 4.74 Å². The zero-order valence-corrected chi connectivity index (χ0v) is 17.3. The molecule has 0 aliphatic carbocycles. The van der Waals surface area contributed by atoms with Crippen LogP contribution in [-0.4, -0.2) is 36.7 Å². The third-order valence-electron chi connectivity index (χ3n) is 3.98. The number of nitrogens with one attached hydrogen (secondary N) is 1. The first-order valence-corrected chi connectivity index (χ1v) is 8.59. The van der Waals surface area contributed by atoms with Crippen molar-refractivity contribution in [2.75, 3.05) is 26.2 Å². The van der Waals surface area contributed by atoms with E-state index in [1.807, 2.05) is 0 Å². The van der Waals surface area contributed by atoms with Crippen molar-refractivity contribution in [3.8, 4) is 5.75 Å². The highest BCUT2D eigenvalue weighted by atomic mass is 35.5. The summed E-state index contributed by atoms with van der Waals surface area (Å²) in [5, 5.41) is 3.45. The molecular formula is C19H34Cl2N2O. The summed E-state index contributed by atoms with van der Waals surface area (Å²) in [7, 11) is 0. The minimum atomic E-state index is -0.141. The Hall–Kier alpha value is -0.480. The monoisotopic (exact) mass is 376 g/mol. The summed E-state index contributed by atoms with van der Waals surface area (Å²) < 4.78 is 5.94. The van der Waals surface area contributed by atoms with E-state index in [9.17, 15) is 0 Å². The predicted molar refractivity (Wildman–Crippen MR) is 108 cm³/mol. The maximum Gasteiger partial charge on any atom is 0.120 e. The van der Waals surface area contributed by atoms with Gasteiger partial charge in [-0.05, 0) is 50.8 Å². The highest BCUT2D eigenvalue weighted by Gasteiger charge is 2.23. The molecule has 1 fully saturated rings. The minimum absolute atomic E-state index is 0. The van der Waals surface area contributed by atoms with Crippen LogP contribution in [0.15, 0.2) is 24.3 Å². The Bertz CT molecular complexity index is 451. The molecule has 2 rings (SSSR count). The molecule has 24 heavy (non-hydrogen) atoms. The Kier molecular flexibility index (Phi) is 10.3. The topological polar surface area (TPSA) is 24.5 Å². The summed E-state index contributed by atoms with van der Waals surface area (Å²) >= 11 is 0. The fraction of sp³-hybridized carbons (Fsp3) is 0.684. The van der Waals surface area contributed by atoms with Gasteiger partial charge in [0.05, 0.1) is 0 Å². The highest BCUT2D eigenvalue weighted by molar-refractivity contribution is 5.85. The van der Waals surface area contributed by atoms with Crippen molar-refractivity contribution in [3.05, 3.63) is 29.8 Å². The van der Waals surface area contributed by atoms with Crippen LogP contribution in [-0.2, 0) is 0 Å². The van der Waals surface area contributed by atoms with Gasteiger partial charge in [-0.3, -0.25) is 4.90 Å². The van der Waals surface area contributed by atoms with Crippen LogP contribution in [0.3, 0.4) is 0 Å². The third-order valence-corrected chi connectivity index (χ3v) is 3.98. The van der Waals surface area contributed by atoms with Crippen LogP contribution in [0, 0.1) is 5.92 Å². The summed E-state index contributed by atoms with van der Waals surface area (Å²) in [4.78, 5) is 2.62. The average Bonchev–Trinajstić information content (AvgIpc) is 2.45. The lowest BCUT2D eigenvalue weighted by atomic mass is 9.95. The normalized spacial score (nSPS) is 16.9. The van der Waals surface area contributed by atoms with Gasteiger partial charge in [-0.1, -0.05) is 26.0 Å². The molecular weight excluding hydrogens is 343 g/mol. The number of hydrogen-bond donors (Lipinski definition) is 1. The summed E-state index contributed by atoms with van der Waals surface area (Å²) in [6.45, 7) is 15.4. The second-order valence-corrected chi connectivity index (χ2v) is 7.71. The molecule has 1 aromatic carbocycles. The molecule has 1 aliphatic heterocycles. The molecule has 0 saturated carbocycles. The van der Waals surface area contributed by atoms with Gasteiger partial charge in [-0.25, -0.2) is 0 Å². The van der Waals surface area contributed by atoms with Gasteiger partial charge in [-0.2, -0.15) is 0 Å². The van der Waals surface area contributed by atoms with Gasteiger partial charge in [0.1, 0.15) is 11.4 Å². The van der Waals surface area contributed by atoms with Crippen molar-refractivity contribution in [1.29, 1.82) is 0 Å². The van der Waals surface area contributed by atoms with Gasteiger partial charge in [0, 0.05) is 32.2 Å². The first-order valence-electron chi connectivity index (χ1n) is 8.59. The van der Waals surface area contributed by atoms with Crippen molar-refractivity contribution >= 4 is 24.8 Å². The molecule has 0 aromatic heterocycles. The molecule has 0 radical (unpaired) electrons. The quantitative estimate of drug-likeness (QED) is 0.805. The van der Waals surface area contributed by atoms with Crippen molar-refractivity contribution in [2.24, 2.45) is 5.92 Å². The average molecular weight is 377 g/mol. The van der Waals surface area contributed by atoms with Gasteiger partial charge in [0.2, 0.25) is 0 Å². The van der Waals surface area contributed by atoms with Crippen LogP contribution in [0.5, 0.6) is 5.75 Å². The molecule has 0 unspecified atom stereocenters. The number of benzene rings is 1. The van der Waals surface area contributed by atoms with Crippen LogP contribution in [0.1, 0.15) is 52.6 Å². The van der Waals surface area contributed by atoms with Crippen LogP contribution < -0.4 is 10.1 Å². The molecule has 0 spiro atoms. The second-order valence-electron chi connectivity index (χ2n) is 7.71. The Balaban J connectivity index is 0.00000264. The fourth-order valence-electron chi connectivity index (χ4n) is 3.05. The molecule has 0 amide bonds. The molecule has 5 heteroatoms. The van der Waals surface area contributed by atoms with E-state index in [1.165, 1.54) is 12.0 Å². The van der Waals surface area contributed by atoms with E-state index < -0.39 is 0 Å². The first-order chi connectivity index (χ1) is 10.3. The molecule has 1 heterocycles. The summed E-state index contributed by atoms with van der Waals surface area (Å²) in [5.41, 5.74) is 1.27.